The monoisotopic (exact) mass is 461 g/mol. The van der Waals surface area contributed by atoms with Gasteiger partial charge in [0.05, 0.1) is 11.7 Å². The zero-order valence-electron chi connectivity index (χ0n) is 19.9. The summed E-state index contributed by atoms with van der Waals surface area (Å²) in [6.07, 6.45) is 2.06. The number of fused-ring (bicyclic) bond motifs is 1. The Morgan fingerprint density at radius 3 is 2.65 bits per heavy atom. The van der Waals surface area contributed by atoms with Crippen LogP contribution in [0.4, 0.5) is 11.5 Å². The smallest absolute Gasteiger partial charge is 0.257 e. The number of hydrogen-bond donors (Lipinski definition) is 2. The average molecular weight is 462 g/mol. The second kappa shape index (κ2) is 10.6. The van der Waals surface area contributed by atoms with E-state index in [-0.39, 0.29) is 5.91 Å². The predicted octanol–water partition coefficient (Wildman–Crippen LogP) is 4.68. The van der Waals surface area contributed by atoms with Gasteiger partial charge in [0.15, 0.2) is 11.5 Å². The highest BCUT2D eigenvalue weighted by Crippen LogP contribution is 2.36. The van der Waals surface area contributed by atoms with Crippen LogP contribution >= 0.6 is 0 Å². The Morgan fingerprint density at radius 2 is 1.94 bits per heavy atom. The summed E-state index contributed by atoms with van der Waals surface area (Å²) < 4.78 is 11.3. The van der Waals surface area contributed by atoms with E-state index >= 15 is 0 Å². The van der Waals surface area contributed by atoms with Crippen molar-refractivity contribution in [1.82, 2.24) is 4.98 Å². The maximum absolute atomic E-state index is 12.9. The molecule has 1 aromatic heterocycles. The molecule has 1 aliphatic rings. The number of hydrogen-bond acceptors (Lipinski definition) is 6. The van der Waals surface area contributed by atoms with Crippen molar-refractivity contribution in [2.45, 2.75) is 33.3 Å². The first-order valence-corrected chi connectivity index (χ1v) is 11.7. The Kier molecular flexibility index (Phi) is 7.33. The summed E-state index contributed by atoms with van der Waals surface area (Å²) >= 11 is 0. The van der Waals surface area contributed by atoms with Crippen molar-refractivity contribution in [1.29, 1.82) is 0 Å². The SMILES string of the molecule is CCCN(CC(C)O)c1ccc(C(=O)Nc2cccc(-c3ccc4c(c3)OCCO4)c2C)cn1. The molecular formula is C27H31N3O4. The fraction of sp³-hybridized carbons (Fsp3) is 0.333. The fourth-order valence-corrected chi connectivity index (χ4v) is 4.08. The van der Waals surface area contributed by atoms with Gasteiger partial charge in [-0.15, -0.1) is 0 Å². The van der Waals surface area contributed by atoms with Gasteiger partial charge in [0.2, 0.25) is 0 Å². The molecular weight excluding hydrogens is 430 g/mol. The third-order valence-electron chi connectivity index (χ3n) is 5.75. The number of anilines is 2. The number of rotatable bonds is 8. The lowest BCUT2D eigenvalue weighted by Crippen LogP contribution is -2.32. The molecule has 1 unspecified atom stereocenters. The number of aromatic nitrogens is 1. The number of benzene rings is 2. The summed E-state index contributed by atoms with van der Waals surface area (Å²) in [5.41, 5.74) is 4.18. The van der Waals surface area contributed by atoms with Gasteiger partial charge >= 0.3 is 0 Å². The van der Waals surface area contributed by atoms with E-state index in [2.05, 4.69) is 17.2 Å². The summed E-state index contributed by atoms with van der Waals surface area (Å²) in [6.45, 7) is 8.20. The molecule has 0 spiro atoms. The highest BCUT2D eigenvalue weighted by molar-refractivity contribution is 6.05. The minimum Gasteiger partial charge on any atom is -0.486 e. The molecule has 2 N–H and O–H groups in total. The Morgan fingerprint density at radius 1 is 1.15 bits per heavy atom. The van der Waals surface area contributed by atoms with Crippen molar-refractivity contribution in [3.05, 3.63) is 65.9 Å². The Labute approximate surface area is 200 Å². The van der Waals surface area contributed by atoms with E-state index < -0.39 is 6.10 Å². The molecule has 0 radical (unpaired) electrons. The fourth-order valence-electron chi connectivity index (χ4n) is 4.08. The van der Waals surface area contributed by atoms with Gasteiger partial charge in [0, 0.05) is 25.0 Å². The number of aliphatic hydroxyl groups is 1. The minimum atomic E-state index is -0.458. The number of nitrogens with zero attached hydrogens (tertiary/aromatic N) is 2. The lowest BCUT2D eigenvalue weighted by atomic mass is 9.98. The zero-order chi connectivity index (χ0) is 24.1. The molecule has 34 heavy (non-hydrogen) atoms. The van der Waals surface area contributed by atoms with Crippen LogP contribution in [0, 0.1) is 6.92 Å². The number of aliphatic hydroxyl groups excluding tert-OH is 1. The molecule has 7 heteroatoms. The highest BCUT2D eigenvalue weighted by atomic mass is 16.6. The predicted molar refractivity (Wildman–Crippen MR) is 134 cm³/mol. The number of pyridine rings is 1. The molecule has 2 aromatic carbocycles. The van der Waals surface area contributed by atoms with Crippen LogP contribution in [0.2, 0.25) is 0 Å². The van der Waals surface area contributed by atoms with Gasteiger partial charge in [-0.25, -0.2) is 4.98 Å². The average Bonchev–Trinajstić information content (AvgIpc) is 2.84. The number of carbonyl (C=O) groups is 1. The maximum Gasteiger partial charge on any atom is 0.257 e. The van der Waals surface area contributed by atoms with Crippen LogP contribution in [-0.4, -0.2) is 48.4 Å². The maximum atomic E-state index is 12.9. The van der Waals surface area contributed by atoms with Crippen molar-refractivity contribution >= 4 is 17.4 Å². The molecule has 0 saturated carbocycles. The van der Waals surface area contributed by atoms with E-state index in [4.69, 9.17) is 9.47 Å². The van der Waals surface area contributed by atoms with Gasteiger partial charge < -0.3 is 24.8 Å². The third kappa shape index (κ3) is 5.31. The van der Waals surface area contributed by atoms with Gasteiger partial charge in [-0.2, -0.15) is 0 Å². The summed E-state index contributed by atoms with van der Waals surface area (Å²) in [5.74, 6) is 2.01. The molecule has 3 aromatic rings. The zero-order valence-corrected chi connectivity index (χ0v) is 19.9. The van der Waals surface area contributed by atoms with Crippen molar-refractivity contribution in [3.8, 4) is 22.6 Å². The van der Waals surface area contributed by atoms with Crippen LogP contribution in [-0.2, 0) is 0 Å². The lowest BCUT2D eigenvalue weighted by Gasteiger charge is -2.24. The molecule has 1 aliphatic heterocycles. The number of carbonyl (C=O) groups excluding carboxylic acids is 1. The van der Waals surface area contributed by atoms with E-state index in [1.807, 2.05) is 54.3 Å². The van der Waals surface area contributed by atoms with Crippen LogP contribution < -0.4 is 19.7 Å². The molecule has 7 nitrogen and oxygen atoms in total. The molecule has 178 valence electrons. The van der Waals surface area contributed by atoms with Gasteiger partial charge in [-0.3, -0.25) is 4.79 Å². The first-order valence-electron chi connectivity index (χ1n) is 11.7. The topological polar surface area (TPSA) is 83.9 Å². The quantitative estimate of drug-likeness (QED) is 0.507. The van der Waals surface area contributed by atoms with Gasteiger partial charge in [-0.1, -0.05) is 25.1 Å². The van der Waals surface area contributed by atoms with Crippen LogP contribution in [0.5, 0.6) is 11.5 Å². The molecule has 1 amide bonds. The molecule has 0 bridgehead atoms. The van der Waals surface area contributed by atoms with Gasteiger partial charge in [-0.05, 0) is 67.3 Å². The molecule has 0 aliphatic carbocycles. The largest absolute Gasteiger partial charge is 0.486 e. The Bertz CT molecular complexity index is 1150. The summed E-state index contributed by atoms with van der Waals surface area (Å²) in [6, 6.07) is 15.3. The minimum absolute atomic E-state index is 0.223. The Hall–Kier alpha value is -3.58. The standard InChI is InChI=1S/C27H31N3O4/c1-4-12-30(17-18(2)31)26-11-9-21(16-28-26)27(32)29-23-7-5-6-22(19(23)3)20-8-10-24-25(15-20)34-14-13-33-24/h5-11,15-16,18,31H,4,12-14,17H2,1-3H3,(H,29,32). The van der Waals surface area contributed by atoms with Crippen LogP contribution in [0.15, 0.2) is 54.7 Å². The van der Waals surface area contributed by atoms with E-state index in [9.17, 15) is 9.90 Å². The van der Waals surface area contributed by atoms with Crippen molar-refractivity contribution in [3.63, 3.8) is 0 Å². The van der Waals surface area contributed by atoms with E-state index in [1.165, 1.54) is 0 Å². The molecule has 1 atom stereocenters. The van der Waals surface area contributed by atoms with Crippen molar-refractivity contribution < 1.29 is 19.4 Å². The van der Waals surface area contributed by atoms with Crippen LogP contribution in [0.3, 0.4) is 0 Å². The Balaban J connectivity index is 1.51. The summed E-state index contributed by atoms with van der Waals surface area (Å²) in [4.78, 5) is 19.4. The van der Waals surface area contributed by atoms with Gasteiger partial charge in [0.1, 0.15) is 19.0 Å². The second-order valence-corrected chi connectivity index (χ2v) is 8.49. The highest BCUT2D eigenvalue weighted by Gasteiger charge is 2.16. The molecule has 0 fully saturated rings. The normalized spacial score (nSPS) is 13.3. The van der Waals surface area contributed by atoms with E-state index in [0.29, 0.717) is 25.3 Å². The number of amides is 1. The lowest BCUT2D eigenvalue weighted by molar-refractivity contribution is 0.102. The summed E-state index contributed by atoms with van der Waals surface area (Å²) in [5, 5.41) is 12.8. The second-order valence-electron chi connectivity index (χ2n) is 8.49. The first-order chi connectivity index (χ1) is 16.5. The van der Waals surface area contributed by atoms with Crippen LogP contribution in [0.1, 0.15) is 36.2 Å². The first kappa shape index (κ1) is 23.6. The van der Waals surface area contributed by atoms with Crippen LogP contribution in [0.25, 0.3) is 11.1 Å². The number of ether oxygens (including phenoxy) is 2. The molecule has 0 saturated heterocycles. The molecule has 2 heterocycles. The number of nitrogens with one attached hydrogen (secondary N) is 1. The van der Waals surface area contributed by atoms with E-state index in [0.717, 1.165) is 52.7 Å². The van der Waals surface area contributed by atoms with Gasteiger partial charge in [0.25, 0.3) is 5.91 Å². The van der Waals surface area contributed by atoms with Crippen molar-refractivity contribution in [2.24, 2.45) is 0 Å². The van der Waals surface area contributed by atoms with Crippen molar-refractivity contribution in [2.75, 3.05) is 36.5 Å². The van der Waals surface area contributed by atoms with E-state index in [1.54, 1.807) is 19.2 Å². The molecule has 4 rings (SSSR count). The third-order valence-corrected chi connectivity index (χ3v) is 5.75. The summed E-state index contributed by atoms with van der Waals surface area (Å²) in [7, 11) is 0.